The first-order valence-corrected chi connectivity index (χ1v) is 8.21. The maximum Gasteiger partial charge on any atom is 0.163 e. The van der Waals surface area contributed by atoms with Crippen molar-refractivity contribution in [3.8, 4) is 11.3 Å². The average Bonchev–Trinajstić information content (AvgIpc) is 2.51. The molecule has 21 heavy (non-hydrogen) atoms. The van der Waals surface area contributed by atoms with Crippen molar-refractivity contribution in [2.24, 2.45) is 0 Å². The van der Waals surface area contributed by atoms with E-state index in [9.17, 15) is 0 Å². The predicted octanol–water partition coefficient (Wildman–Crippen LogP) is 3.75. The van der Waals surface area contributed by atoms with E-state index in [1.54, 1.807) is 0 Å². The molecule has 2 heterocycles. The van der Waals surface area contributed by atoms with Crippen LogP contribution in [0.4, 0.5) is 5.82 Å². The van der Waals surface area contributed by atoms with Crippen molar-refractivity contribution in [1.82, 2.24) is 9.97 Å². The first kappa shape index (κ1) is 14.7. The van der Waals surface area contributed by atoms with Gasteiger partial charge in [-0.2, -0.15) is 0 Å². The van der Waals surface area contributed by atoms with Crippen molar-refractivity contribution in [2.75, 3.05) is 12.3 Å². The zero-order chi connectivity index (χ0) is 14.9. The zero-order valence-corrected chi connectivity index (χ0v) is 14.1. The highest BCUT2D eigenvalue weighted by atomic mass is 127. The molecule has 1 atom stereocenters. The molecule has 1 aliphatic heterocycles. The number of rotatable bonds is 2. The minimum absolute atomic E-state index is 0.430. The number of benzene rings is 1. The van der Waals surface area contributed by atoms with Gasteiger partial charge in [-0.25, -0.2) is 9.97 Å². The van der Waals surface area contributed by atoms with E-state index in [4.69, 9.17) is 15.5 Å². The van der Waals surface area contributed by atoms with Gasteiger partial charge < -0.3 is 10.5 Å². The maximum atomic E-state index is 6.11. The number of halogens is 1. The van der Waals surface area contributed by atoms with Crippen LogP contribution < -0.4 is 5.73 Å². The molecule has 0 aliphatic carbocycles. The third kappa shape index (κ3) is 2.89. The van der Waals surface area contributed by atoms with Crippen LogP contribution in [0.1, 0.15) is 32.0 Å². The lowest BCUT2D eigenvalue weighted by Crippen LogP contribution is -2.33. The highest BCUT2D eigenvalue weighted by Crippen LogP contribution is 2.35. The van der Waals surface area contributed by atoms with Crippen molar-refractivity contribution in [3.05, 3.63) is 39.7 Å². The van der Waals surface area contributed by atoms with E-state index in [0.717, 1.165) is 40.7 Å². The number of anilines is 1. The van der Waals surface area contributed by atoms with Crippen LogP contribution in [0, 0.1) is 3.57 Å². The van der Waals surface area contributed by atoms with Gasteiger partial charge in [0, 0.05) is 12.2 Å². The van der Waals surface area contributed by atoms with Crippen molar-refractivity contribution < 1.29 is 4.74 Å². The van der Waals surface area contributed by atoms with Crippen molar-refractivity contribution >= 4 is 28.4 Å². The van der Waals surface area contributed by atoms with Gasteiger partial charge in [0.05, 0.1) is 9.26 Å². The second kappa shape index (κ2) is 5.88. The third-order valence-corrected chi connectivity index (χ3v) is 4.93. The molecule has 1 saturated heterocycles. The largest absolute Gasteiger partial charge is 0.383 e. The summed E-state index contributed by atoms with van der Waals surface area (Å²) < 4.78 is 6.84. The molecule has 4 nitrogen and oxygen atoms in total. The quantitative estimate of drug-likeness (QED) is 0.787. The number of nitrogens with two attached hydrogens (primary N) is 1. The standard InChI is InChI=1S/C16H18IN3O/c1-16(9-5-6-10-21-16)15-19-13(12(17)14(18)20-15)11-7-3-2-4-8-11/h2-4,7-8H,5-6,9-10H2,1H3,(H2,18,19,20). The first-order chi connectivity index (χ1) is 10.1. The third-order valence-electron chi connectivity index (χ3n) is 3.87. The molecule has 1 aromatic carbocycles. The summed E-state index contributed by atoms with van der Waals surface area (Å²) in [6.07, 6.45) is 3.16. The monoisotopic (exact) mass is 395 g/mol. The Bertz CT molecular complexity index is 639. The molecular weight excluding hydrogens is 377 g/mol. The molecule has 5 heteroatoms. The lowest BCUT2D eigenvalue weighted by atomic mass is 9.95. The molecule has 0 amide bonds. The summed E-state index contributed by atoms with van der Waals surface area (Å²) in [7, 11) is 0. The van der Waals surface area contributed by atoms with Gasteiger partial charge in [0.15, 0.2) is 5.82 Å². The summed E-state index contributed by atoms with van der Waals surface area (Å²) in [6, 6.07) is 10.1. The normalized spacial score (nSPS) is 22.2. The summed E-state index contributed by atoms with van der Waals surface area (Å²) in [4.78, 5) is 9.26. The summed E-state index contributed by atoms with van der Waals surface area (Å²) in [5.74, 6) is 1.22. The Balaban J connectivity index is 2.10. The Kier molecular flexibility index (Phi) is 4.12. The average molecular weight is 395 g/mol. The van der Waals surface area contributed by atoms with Crippen molar-refractivity contribution in [1.29, 1.82) is 0 Å². The molecule has 1 aliphatic rings. The number of nitrogen functional groups attached to an aromatic ring is 1. The number of ether oxygens (including phenoxy) is 1. The molecule has 0 radical (unpaired) electrons. The molecule has 3 rings (SSSR count). The fourth-order valence-corrected chi connectivity index (χ4v) is 3.15. The fourth-order valence-electron chi connectivity index (χ4n) is 2.60. The van der Waals surface area contributed by atoms with Gasteiger partial charge in [0.2, 0.25) is 0 Å². The molecule has 0 spiro atoms. The Hall–Kier alpha value is -1.21. The van der Waals surface area contributed by atoms with E-state index in [2.05, 4.69) is 34.5 Å². The van der Waals surface area contributed by atoms with E-state index in [-0.39, 0.29) is 0 Å². The Morgan fingerprint density at radius 1 is 1.19 bits per heavy atom. The smallest absolute Gasteiger partial charge is 0.163 e. The number of aromatic nitrogens is 2. The van der Waals surface area contributed by atoms with Crippen LogP contribution >= 0.6 is 22.6 Å². The molecule has 1 fully saturated rings. The molecule has 2 aromatic rings. The molecule has 1 aromatic heterocycles. The first-order valence-electron chi connectivity index (χ1n) is 7.13. The van der Waals surface area contributed by atoms with E-state index in [1.165, 1.54) is 0 Å². The van der Waals surface area contributed by atoms with Gasteiger partial charge >= 0.3 is 0 Å². The van der Waals surface area contributed by atoms with Crippen molar-refractivity contribution in [2.45, 2.75) is 31.8 Å². The van der Waals surface area contributed by atoms with Crippen LogP contribution in [0.25, 0.3) is 11.3 Å². The van der Waals surface area contributed by atoms with Crippen LogP contribution in [0.5, 0.6) is 0 Å². The Labute approximate surface area is 138 Å². The van der Waals surface area contributed by atoms with Crippen LogP contribution in [0.3, 0.4) is 0 Å². The molecule has 0 bridgehead atoms. The number of hydrogen-bond acceptors (Lipinski definition) is 4. The Morgan fingerprint density at radius 2 is 1.95 bits per heavy atom. The summed E-state index contributed by atoms with van der Waals surface area (Å²) in [5.41, 5.74) is 7.62. The second-order valence-corrected chi connectivity index (χ2v) is 6.58. The van der Waals surface area contributed by atoms with Gasteiger partial charge in [0.25, 0.3) is 0 Å². The van der Waals surface area contributed by atoms with E-state index in [1.807, 2.05) is 30.3 Å². The number of nitrogens with zero attached hydrogens (tertiary/aromatic N) is 2. The SMILES string of the molecule is CC1(c2nc(N)c(I)c(-c3ccccc3)n2)CCCCO1. The number of hydrogen-bond donors (Lipinski definition) is 1. The van der Waals surface area contributed by atoms with Crippen LogP contribution in [-0.2, 0) is 10.3 Å². The highest BCUT2D eigenvalue weighted by molar-refractivity contribution is 14.1. The predicted molar refractivity (Wildman–Crippen MR) is 91.8 cm³/mol. The highest BCUT2D eigenvalue weighted by Gasteiger charge is 2.34. The van der Waals surface area contributed by atoms with Crippen molar-refractivity contribution in [3.63, 3.8) is 0 Å². The lowest BCUT2D eigenvalue weighted by Gasteiger charge is -2.32. The zero-order valence-electron chi connectivity index (χ0n) is 12.0. The summed E-state index contributed by atoms with van der Waals surface area (Å²) >= 11 is 2.21. The van der Waals surface area contributed by atoms with E-state index >= 15 is 0 Å². The molecular formula is C16H18IN3O. The van der Waals surface area contributed by atoms with Gasteiger partial charge in [-0.15, -0.1) is 0 Å². The second-order valence-electron chi connectivity index (χ2n) is 5.50. The van der Waals surface area contributed by atoms with E-state index < -0.39 is 5.60 Å². The van der Waals surface area contributed by atoms with Gasteiger partial charge in [0.1, 0.15) is 11.4 Å². The molecule has 1 unspecified atom stereocenters. The van der Waals surface area contributed by atoms with E-state index in [0.29, 0.717) is 11.6 Å². The Morgan fingerprint density at radius 3 is 2.62 bits per heavy atom. The van der Waals surface area contributed by atoms with Gasteiger partial charge in [-0.3, -0.25) is 0 Å². The topological polar surface area (TPSA) is 61.0 Å². The van der Waals surface area contributed by atoms with Crippen LogP contribution in [-0.4, -0.2) is 16.6 Å². The summed E-state index contributed by atoms with van der Waals surface area (Å²) in [6.45, 7) is 2.81. The van der Waals surface area contributed by atoms with Crippen LogP contribution in [0.2, 0.25) is 0 Å². The molecule has 110 valence electrons. The summed E-state index contributed by atoms with van der Waals surface area (Å²) in [5, 5.41) is 0. The molecule has 0 saturated carbocycles. The van der Waals surface area contributed by atoms with Crippen LogP contribution in [0.15, 0.2) is 30.3 Å². The van der Waals surface area contributed by atoms with Gasteiger partial charge in [-0.05, 0) is 48.8 Å². The minimum Gasteiger partial charge on any atom is -0.383 e. The van der Waals surface area contributed by atoms with Gasteiger partial charge in [-0.1, -0.05) is 30.3 Å². The maximum absolute atomic E-state index is 6.11. The fraction of sp³-hybridized carbons (Fsp3) is 0.375. The lowest BCUT2D eigenvalue weighted by molar-refractivity contribution is -0.0759. The molecule has 2 N–H and O–H groups in total. The minimum atomic E-state index is -0.430.